The number of rotatable bonds is 7. The second kappa shape index (κ2) is 6.77. The molecule has 1 unspecified atom stereocenters. The van der Waals surface area contributed by atoms with Crippen molar-refractivity contribution in [1.29, 1.82) is 0 Å². The van der Waals surface area contributed by atoms with Crippen molar-refractivity contribution in [3.8, 4) is 0 Å². The molecule has 17 heavy (non-hydrogen) atoms. The fraction of sp³-hybridized carbons (Fsp3) is 0.667. The molecule has 0 fully saturated rings. The van der Waals surface area contributed by atoms with Crippen LogP contribution in [0.25, 0.3) is 0 Å². The van der Waals surface area contributed by atoms with Crippen molar-refractivity contribution in [2.75, 3.05) is 6.54 Å². The molecule has 0 bridgehead atoms. The predicted molar refractivity (Wildman–Crippen MR) is 69.3 cm³/mol. The van der Waals surface area contributed by atoms with Crippen molar-refractivity contribution in [2.45, 2.75) is 39.7 Å². The number of nitrogens with two attached hydrogens (primary N) is 1. The molecule has 2 N–H and O–H groups in total. The fourth-order valence-corrected chi connectivity index (χ4v) is 2.01. The summed E-state index contributed by atoms with van der Waals surface area (Å²) in [6, 6.07) is 0. The van der Waals surface area contributed by atoms with E-state index in [2.05, 4.69) is 5.10 Å². The first-order valence-corrected chi connectivity index (χ1v) is 6.45. The Hall–Kier alpha value is -0.870. The summed E-state index contributed by atoms with van der Waals surface area (Å²) in [7, 11) is 0. The molecule has 0 saturated heterocycles. The molecule has 1 heterocycles. The Kier molecular flexibility index (Phi) is 5.65. The molecule has 96 valence electrons. The van der Waals surface area contributed by atoms with E-state index in [1.54, 1.807) is 10.9 Å². The Morgan fingerprint density at radius 2 is 2.35 bits per heavy atom. The maximum absolute atomic E-state index is 12.2. The lowest BCUT2D eigenvalue weighted by Crippen LogP contribution is -2.18. The molecule has 0 spiro atoms. The Bertz CT molecular complexity index is 376. The van der Waals surface area contributed by atoms with Crippen molar-refractivity contribution in [1.82, 2.24) is 9.78 Å². The number of Topliss-reactive ketones (excluding diaryl/α,β-unsaturated/α-hetero) is 1. The van der Waals surface area contributed by atoms with Crippen LogP contribution >= 0.6 is 11.6 Å². The summed E-state index contributed by atoms with van der Waals surface area (Å²) >= 11 is 6.02. The number of carbonyl (C=O) groups is 1. The molecule has 1 rings (SSSR count). The molecule has 1 aromatic heterocycles. The van der Waals surface area contributed by atoms with Crippen LogP contribution in [0.2, 0.25) is 5.02 Å². The highest BCUT2D eigenvalue weighted by Gasteiger charge is 2.22. The van der Waals surface area contributed by atoms with Crippen LogP contribution in [0.3, 0.4) is 0 Å². The number of carbonyl (C=O) groups excluding carboxylic acids is 1. The minimum absolute atomic E-state index is 0.0524. The van der Waals surface area contributed by atoms with E-state index in [1.165, 1.54) is 0 Å². The smallest absolute Gasteiger partial charge is 0.185 e. The van der Waals surface area contributed by atoms with Crippen molar-refractivity contribution >= 4 is 17.4 Å². The van der Waals surface area contributed by atoms with Crippen LogP contribution in [0.4, 0.5) is 0 Å². The monoisotopic (exact) mass is 257 g/mol. The SMILES string of the molecule is CCCn1ncc(Cl)c1C(=O)C(C)CCCN. The zero-order valence-electron chi connectivity index (χ0n) is 10.4. The first-order valence-electron chi connectivity index (χ1n) is 6.07. The van der Waals surface area contributed by atoms with Gasteiger partial charge in [-0.3, -0.25) is 9.48 Å². The van der Waals surface area contributed by atoms with Crippen LogP contribution in [-0.4, -0.2) is 22.1 Å². The first kappa shape index (κ1) is 14.2. The highest BCUT2D eigenvalue weighted by Crippen LogP contribution is 2.21. The summed E-state index contributed by atoms with van der Waals surface area (Å²) in [5.74, 6) is 0.0118. The van der Waals surface area contributed by atoms with E-state index in [1.807, 2.05) is 13.8 Å². The molecule has 0 aliphatic carbocycles. The zero-order chi connectivity index (χ0) is 12.8. The minimum Gasteiger partial charge on any atom is -0.330 e. The van der Waals surface area contributed by atoms with Gasteiger partial charge in [0.1, 0.15) is 5.69 Å². The molecule has 0 saturated carbocycles. The molecule has 5 heteroatoms. The molecule has 0 aliphatic rings. The van der Waals surface area contributed by atoms with Gasteiger partial charge in [0.15, 0.2) is 5.78 Å². The van der Waals surface area contributed by atoms with Crippen LogP contribution in [0, 0.1) is 5.92 Å². The third-order valence-electron chi connectivity index (χ3n) is 2.75. The second-order valence-electron chi connectivity index (χ2n) is 4.26. The summed E-state index contributed by atoms with van der Waals surface area (Å²) in [5.41, 5.74) is 5.99. The van der Waals surface area contributed by atoms with Gasteiger partial charge >= 0.3 is 0 Å². The summed E-state index contributed by atoms with van der Waals surface area (Å²) in [6.07, 6.45) is 4.12. The van der Waals surface area contributed by atoms with Crippen LogP contribution in [-0.2, 0) is 6.54 Å². The van der Waals surface area contributed by atoms with Gasteiger partial charge in [-0.25, -0.2) is 0 Å². The van der Waals surface area contributed by atoms with Crippen molar-refractivity contribution in [2.24, 2.45) is 11.7 Å². The van der Waals surface area contributed by atoms with E-state index >= 15 is 0 Å². The van der Waals surface area contributed by atoms with E-state index in [4.69, 9.17) is 17.3 Å². The van der Waals surface area contributed by atoms with E-state index in [9.17, 15) is 4.79 Å². The summed E-state index contributed by atoms with van der Waals surface area (Å²) < 4.78 is 1.70. The topological polar surface area (TPSA) is 60.9 Å². The van der Waals surface area contributed by atoms with Crippen LogP contribution in [0.5, 0.6) is 0 Å². The quantitative estimate of drug-likeness (QED) is 0.764. The van der Waals surface area contributed by atoms with Crippen LogP contribution in [0.1, 0.15) is 43.6 Å². The maximum Gasteiger partial charge on any atom is 0.185 e. The zero-order valence-corrected chi connectivity index (χ0v) is 11.2. The molecule has 0 aromatic carbocycles. The van der Waals surface area contributed by atoms with Gasteiger partial charge in [-0.2, -0.15) is 5.10 Å². The number of nitrogens with zero attached hydrogens (tertiary/aromatic N) is 2. The average Bonchev–Trinajstić information content (AvgIpc) is 2.67. The predicted octanol–water partition coefficient (Wildman–Crippen LogP) is 2.50. The maximum atomic E-state index is 12.2. The lowest BCUT2D eigenvalue weighted by molar-refractivity contribution is 0.0912. The number of hydrogen-bond donors (Lipinski definition) is 1. The van der Waals surface area contributed by atoms with Gasteiger partial charge in [-0.15, -0.1) is 0 Å². The third-order valence-corrected chi connectivity index (χ3v) is 3.03. The van der Waals surface area contributed by atoms with Gasteiger partial charge in [0.05, 0.1) is 11.2 Å². The Morgan fingerprint density at radius 3 is 2.94 bits per heavy atom. The third kappa shape index (κ3) is 3.54. The van der Waals surface area contributed by atoms with Gasteiger partial charge in [0, 0.05) is 12.5 Å². The highest BCUT2D eigenvalue weighted by molar-refractivity contribution is 6.33. The van der Waals surface area contributed by atoms with Gasteiger partial charge in [0.25, 0.3) is 0 Å². The van der Waals surface area contributed by atoms with Crippen molar-refractivity contribution < 1.29 is 4.79 Å². The Labute approximate surface area is 107 Å². The molecule has 1 aromatic rings. The number of aryl methyl sites for hydroxylation is 1. The van der Waals surface area contributed by atoms with Gasteiger partial charge < -0.3 is 5.73 Å². The van der Waals surface area contributed by atoms with Crippen LogP contribution in [0.15, 0.2) is 6.20 Å². The number of halogens is 1. The summed E-state index contributed by atoms with van der Waals surface area (Å²) in [5, 5.41) is 4.58. The van der Waals surface area contributed by atoms with Gasteiger partial charge in [0.2, 0.25) is 0 Å². The molecule has 1 atom stereocenters. The molecular formula is C12H20ClN3O. The molecular weight excluding hydrogens is 238 g/mol. The molecule has 0 radical (unpaired) electrons. The molecule has 4 nitrogen and oxygen atoms in total. The standard InChI is InChI=1S/C12H20ClN3O/c1-3-7-16-11(10(13)8-15-16)12(17)9(2)5-4-6-14/h8-9H,3-7,14H2,1-2H3. The van der Waals surface area contributed by atoms with E-state index in [-0.39, 0.29) is 11.7 Å². The minimum atomic E-state index is -0.0524. The Balaban J connectivity index is 2.83. The lowest BCUT2D eigenvalue weighted by atomic mass is 9.98. The lowest BCUT2D eigenvalue weighted by Gasteiger charge is -2.11. The Morgan fingerprint density at radius 1 is 1.65 bits per heavy atom. The summed E-state index contributed by atoms with van der Waals surface area (Å²) in [4.78, 5) is 12.2. The molecule has 0 amide bonds. The van der Waals surface area contributed by atoms with E-state index in [0.29, 0.717) is 17.3 Å². The average molecular weight is 258 g/mol. The van der Waals surface area contributed by atoms with Crippen molar-refractivity contribution in [3.63, 3.8) is 0 Å². The second-order valence-corrected chi connectivity index (χ2v) is 4.67. The highest BCUT2D eigenvalue weighted by atomic mass is 35.5. The van der Waals surface area contributed by atoms with E-state index in [0.717, 1.165) is 25.8 Å². The largest absolute Gasteiger partial charge is 0.330 e. The number of hydrogen-bond acceptors (Lipinski definition) is 3. The summed E-state index contributed by atoms with van der Waals surface area (Å²) in [6.45, 7) is 5.29. The van der Waals surface area contributed by atoms with Crippen molar-refractivity contribution in [3.05, 3.63) is 16.9 Å². The fourth-order valence-electron chi connectivity index (χ4n) is 1.78. The number of aromatic nitrogens is 2. The van der Waals surface area contributed by atoms with Gasteiger partial charge in [-0.1, -0.05) is 25.4 Å². The van der Waals surface area contributed by atoms with Gasteiger partial charge in [-0.05, 0) is 25.8 Å². The first-order chi connectivity index (χ1) is 8.11. The normalized spacial score (nSPS) is 12.7. The number of ketones is 1. The molecule has 0 aliphatic heterocycles. The van der Waals surface area contributed by atoms with Crippen LogP contribution < -0.4 is 5.73 Å². The van der Waals surface area contributed by atoms with E-state index < -0.39 is 0 Å².